The van der Waals surface area contributed by atoms with Crippen LogP contribution in [-0.4, -0.2) is 29.1 Å². The molecule has 0 unspecified atom stereocenters. The third-order valence-electron chi connectivity index (χ3n) is 5.77. The number of rotatable bonds is 3. The zero-order chi connectivity index (χ0) is 15.8. The Labute approximate surface area is 138 Å². The molecule has 2 aliphatic rings. The first-order valence-corrected chi connectivity index (χ1v) is 8.80. The van der Waals surface area contributed by atoms with E-state index in [0.29, 0.717) is 23.6 Å². The van der Waals surface area contributed by atoms with Crippen LogP contribution in [0.4, 0.5) is 0 Å². The van der Waals surface area contributed by atoms with Gasteiger partial charge < -0.3 is 5.11 Å². The molecule has 2 aromatic carbocycles. The Morgan fingerprint density at radius 1 is 1.13 bits per heavy atom. The minimum absolute atomic E-state index is 0.418. The first kappa shape index (κ1) is 14.8. The van der Waals surface area contributed by atoms with Gasteiger partial charge in [-0.1, -0.05) is 43.3 Å². The van der Waals surface area contributed by atoms with Crippen molar-refractivity contribution < 1.29 is 5.11 Å². The van der Waals surface area contributed by atoms with Crippen molar-refractivity contribution in [3.63, 3.8) is 0 Å². The van der Waals surface area contributed by atoms with Crippen LogP contribution in [0.5, 0.6) is 5.75 Å². The predicted molar refractivity (Wildman–Crippen MR) is 93.8 cm³/mol. The van der Waals surface area contributed by atoms with Crippen LogP contribution in [0.2, 0.25) is 0 Å². The summed E-state index contributed by atoms with van der Waals surface area (Å²) in [7, 11) is 0. The largest absolute Gasteiger partial charge is 0.508 e. The van der Waals surface area contributed by atoms with E-state index < -0.39 is 0 Å². The van der Waals surface area contributed by atoms with Crippen LogP contribution in [0.15, 0.2) is 48.5 Å². The van der Waals surface area contributed by atoms with E-state index in [1.807, 2.05) is 12.1 Å². The van der Waals surface area contributed by atoms with E-state index in [4.69, 9.17) is 0 Å². The van der Waals surface area contributed by atoms with Crippen molar-refractivity contribution in [2.45, 2.75) is 38.1 Å². The first-order valence-electron chi connectivity index (χ1n) is 8.80. The van der Waals surface area contributed by atoms with Crippen molar-refractivity contribution in [2.75, 3.05) is 13.1 Å². The summed E-state index contributed by atoms with van der Waals surface area (Å²) >= 11 is 0. The number of phenolic OH excluding ortho intramolecular Hbond substituents is 1. The van der Waals surface area contributed by atoms with E-state index in [0.717, 1.165) is 19.4 Å². The zero-order valence-electron chi connectivity index (χ0n) is 13.8. The molecule has 1 fully saturated rings. The minimum atomic E-state index is 0.418. The molecule has 23 heavy (non-hydrogen) atoms. The highest BCUT2D eigenvalue weighted by molar-refractivity contribution is 5.40. The van der Waals surface area contributed by atoms with E-state index in [1.165, 1.54) is 29.7 Å². The smallest absolute Gasteiger partial charge is 0.115 e. The Bertz CT molecular complexity index is 681. The minimum Gasteiger partial charge on any atom is -0.508 e. The number of hydrogen-bond acceptors (Lipinski definition) is 2. The fourth-order valence-corrected chi connectivity index (χ4v) is 4.53. The molecular formula is C21H25NO. The predicted octanol–water partition coefficient (Wildman–Crippen LogP) is 3.99. The molecule has 3 atom stereocenters. The fourth-order valence-electron chi connectivity index (χ4n) is 4.53. The second-order valence-electron chi connectivity index (χ2n) is 7.29. The number of hydrogen-bond donors (Lipinski definition) is 1. The van der Waals surface area contributed by atoms with Crippen molar-refractivity contribution in [3.8, 4) is 5.75 Å². The maximum absolute atomic E-state index is 9.82. The van der Waals surface area contributed by atoms with Crippen molar-refractivity contribution in [1.82, 2.24) is 4.90 Å². The van der Waals surface area contributed by atoms with Crippen LogP contribution in [0.3, 0.4) is 0 Å². The van der Waals surface area contributed by atoms with Gasteiger partial charge in [0.25, 0.3) is 0 Å². The topological polar surface area (TPSA) is 23.5 Å². The standard InChI is InChI=1S/C21H25NO/c1-15-14-22(10-9-16-5-3-2-4-6-16)18-11-17-7-8-19(23)13-21(17)20(15)12-18/h2-8,13,15,18,20,23H,9-12,14H2,1H3/t15-,18-,20+/m1/s1. The second kappa shape index (κ2) is 6.01. The number of fused-ring (bicyclic) bond motifs is 4. The van der Waals surface area contributed by atoms with Gasteiger partial charge >= 0.3 is 0 Å². The van der Waals surface area contributed by atoms with E-state index in [9.17, 15) is 5.11 Å². The van der Waals surface area contributed by atoms with Gasteiger partial charge in [-0.3, -0.25) is 4.90 Å². The van der Waals surface area contributed by atoms with Gasteiger partial charge in [0, 0.05) is 19.1 Å². The van der Waals surface area contributed by atoms with Crippen LogP contribution in [0.1, 0.15) is 36.0 Å². The molecule has 0 spiro atoms. The highest BCUT2D eigenvalue weighted by Gasteiger charge is 2.38. The average molecular weight is 307 g/mol. The van der Waals surface area contributed by atoms with Gasteiger partial charge in [0.15, 0.2) is 0 Å². The first-order chi connectivity index (χ1) is 11.2. The van der Waals surface area contributed by atoms with Crippen LogP contribution >= 0.6 is 0 Å². The molecule has 1 aliphatic carbocycles. The molecule has 2 bridgehead atoms. The SMILES string of the molecule is C[C@@H]1CN(CCc2ccccc2)[C@@H]2Cc3ccc(O)cc3[C@H]1C2. The van der Waals surface area contributed by atoms with E-state index in [-0.39, 0.29) is 0 Å². The second-order valence-corrected chi connectivity index (χ2v) is 7.29. The van der Waals surface area contributed by atoms with Crippen molar-refractivity contribution in [3.05, 3.63) is 65.2 Å². The summed E-state index contributed by atoms with van der Waals surface area (Å²) in [5.41, 5.74) is 4.28. The normalized spacial score (nSPS) is 26.7. The third-order valence-corrected chi connectivity index (χ3v) is 5.77. The highest BCUT2D eigenvalue weighted by Crippen LogP contribution is 2.43. The Morgan fingerprint density at radius 3 is 2.78 bits per heavy atom. The highest BCUT2D eigenvalue weighted by atomic mass is 16.3. The lowest BCUT2D eigenvalue weighted by atomic mass is 9.70. The van der Waals surface area contributed by atoms with E-state index in [2.05, 4.69) is 48.2 Å². The molecule has 0 radical (unpaired) electrons. The quantitative estimate of drug-likeness (QED) is 0.927. The molecule has 2 nitrogen and oxygen atoms in total. The van der Waals surface area contributed by atoms with Crippen LogP contribution in [0, 0.1) is 5.92 Å². The van der Waals surface area contributed by atoms with Crippen molar-refractivity contribution in [2.24, 2.45) is 5.92 Å². The van der Waals surface area contributed by atoms with Gasteiger partial charge in [-0.2, -0.15) is 0 Å². The summed E-state index contributed by atoms with van der Waals surface area (Å²) in [5, 5.41) is 9.82. The van der Waals surface area contributed by atoms with Gasteiger partial charge in [0.05, 0.1) is 0 Å². The molecule has 1 aliphatic heterocycles. The van der Waals surface area contributed by atoms with Gasteiger partial charge in [-0.15, -0.1) is 0 Å². The summed E-state index contributed by atoms with van der Waals surface area (Å²) in [5.74, 6) is 1.69. The zero-order valence-corrected chi connectivity index (χ0v) is 13.8. The lowest BCUT2D eigenvalue weighted by Crippen LogP contribution is -2.50. The number of piperidine rings is 1. The molecular weight excluding hydrogens is 282 g/mol. The molecule has 120 valence electrons. The van der Waals surface area contributed by atoms with Crippen LogP contribution < -0.4 is 0 Å². The van der Waals surface area contributed by atoms with E-state index >= 15 is 0 Å². The number of nitrogens with zero attached hydrogens (tertiary/aromatic N) is 1. The summed E-state index contributed by atoms with van der Waals surface area (Å²) in [6, 6.07) is 17.5. The average Bonchev–Trinajstić information content (AvgIpc) is 2.58. The molecule has 1 saturated heterocycles. The van der Waals surface area contributed by atoms with Gasteiger partial charge in [-0.25, -0.2) is 0 Å². The third kappa shape index (κ3) is 2.88. The summed E-state index contributed by atoms with van der Waals surface area (Å²) in [4.78, 5) is 2.70. The van der Waals surface area contributed by atoms with Crippen molar-refractivity contribution in [1.29, 1.82) is 0 Å². The maximum atomic E-state index is 9.82. The number of phenols is 1. The molecule has 2 heteroatoms. The summed E-state index contributed by atoms with van der Waals surface area (Å²) in [6.07, 6.45) is 3.51. The lowest BCUT2D eigenvalue weighted by molar-refractivity contribution is 0.0880. The molecule has 4 rings (SSSR count). The fraction of sp³-hybridized carbons (Fsp3) is 0.429. The maximum Gasteiger partial charge on any atom is 0.115 e. The number of benzene rings is 2. The molecule has 0 amide bonds. The Hall–Kier alpha value is -1.80. The Kier molecular flexibility index (Phi) is 3.86. The number of aromatic hydroxyl groups is 1. The molecule has 0 saturated carbocycles. The summed E-state index contributed by atoms with van der Waals surface area (Å²) in [6.45, 7) is 4.70. The summed E-state index contributed by atoms with van der Waals surface area (Å²) < 4.78 is 0. The molecule has 0 aromatic heterocycles. The van der Waals surface area contributed by atoms with Crippen LogP contribution in [-0.2, 0) is 12.8 Å². The Morgan fingerprint density at radius 2 is 1.96 bits per heavy atom. The van der Waals surface area contributed by atoms with Gasteiger partial charge in [0.2, 0.25) is 0 Å². The molecule has 2 aromatic rings. The Balaban J connectivity index is 1.52. The van der Waals surface area contributed by atoms with Crippen LogP contribution in [0.25, 0.3) is 0 Å². The van der Waals surface area contributed by atoms with Crippen molar-refractivity contribution >= 4 is 0 Å². The number of likely N-dealkylation sites (tertiary alicyclic amines) is 1. The van der Waals surface area contributed by atoms with E-state index in [1.54, 1.807) is 0 Å². The van der Waals surface area contributed by atoms with Gasteiger partial charge in [0.1, 0.15) is 5.75 Å². The molecule has 1 N–H and O–H groups in total. The van der Waals surface area contributed by atoms with Gasteiger partial charge in [-0.05, 0) is 59.9 Å². The molecule has 1 heterocycles. The lowest BCUT2D eigenvalue weighted by Gasteiger charge is -2.47. The monoisotopic (exact) mass is 307 g/mol.